The summed E-state index contributed by atoms with van der Waals surface area (Å²) in [6, 6.07) is 8.95. The minimum atomic E-state index is 0.276. The van der Waals surface area contributed by atoms with Crippen LogP contribution in [-0.2, 0) is 11.3 Å². The van der Waals surface area contributed by atoms with Gasteiger partial charge >= 0.3 is 0 Å². The summed E-state index contributed by atoms with van der Waals surface area (Å²) in [5, 5.41) is 3.41. The number of hydrogen-bond acceptors (Lipinski definition) is 3. The van der Waals surface area contributed by atoms with Crippen molar-refractivity contribution in [3.05, 3.63) is 29.8 Å². The molecule has 1 saturated heterocycles. The largest absolute Gasteiger partial charge is 0.342 e. The van der Waals surface area contributed by atoms with Crippen molar-refractivity contribution in [2.45, 2.75) is 44.2 Å². The van der Waals surface area contributed by atoms with Gasteiger partial charge in [0.15, 0.2) is 0 Å². The number of benzene rings is 1. The summed E-state index contributed by atoms with van der Waals surface area (Å²) >= 11 is 1.64. The van der Waals surface area contributed by atoms with Crippen molar-refractivity contribution >= 4 is 17.7 Å². The standard InChI is InChI=1S/C16H24N2OS/c1-13(2)17-11-14-6-5-7-15(10-14)20-12-16(19)18-8-3-4-9-18/h5-7,10,13,17H,3-4,8-9,11-12H2,1-2H3. The van der Waals surface area contributed by atoms with Crippen molar-refractivity contribution in [1.29, 1.82) is 0 Å². The summed E-state index contributed by atoms with van der Waals surface area (Å²) in [5.41, 5.74) is 1.28. The first-order valence-electron chi connectivity index (χ1n) is 7.38. The average molecular weight is 292 g/mol. The van der Waals surface area contributed by atoms with Crippen molar-refractivity contribution < 1.29 is 4.79 Å². The SMILES string of the molecule is CC(C)NCc1cccc(SCC(=O)N2CCCC2)c1. The van der Waals surface area contributed by atoms with E-state index in [9.17, 15) is 4.79 Å². The summed E-state index contributed by atoms with van der Waals surface area (Å²) in [6.07, 6.45) is 2.32. The molecule has 1 fully saturated rings. The summed E-state index contributed by atoms with van der Waals surface area (Å²) in [6.45, 7) is 7.06. The molecule has 0 bridgehead atoms. The van der Waals surface area contributed by atoms with Crippen LogP contribution in [0, 0.1) is 0 Å². The summed E-state index contributed by atoms with van der Waals surface area (Å²) in [7, 11) is 0. The van der Waals surface area contributed by atoms with E-state index >= 15 is 0 Å². The van der Waals surface area contributed by atoms with Crippen LogP contribution in [0.4, 0.5) is 0 Å². The van der Waals surface area contributed by atoms with Crippen LogP contribution in [0.15, 0.2) is 29.2 Å². The fraction of sp³-hybridized carbons (Fsp3) is 0.562. The second-order valence-corrected chi connectivity index (χ2v) is 6.61. The third-order valence-electron chi connectivity index (χ3n) is 3.43. The Balaban J connectivity index is 1.82. The Kier molecular flexibility index (Phi) is 5.92. The topological polar surface area (TPSA) is 32.3 Å². The van der Waals surface area contributed by atoms with E-state index in [-0.39, 0.29) is 5.91 Å². The van der Waals surface area contributed by atoms with Crippen LogP contribution < -0.4 is 5.32 Å². The van der Waals surface area contributed by atoms with Crippen molar-refractivity contribution in [2.75, 3.05) is 18.8 Å². The molecule has 1 heterocycles. The predicted molar refractivity (Wildman–Crippen MR) is 85.0 cm³/mol. The summed E-state index contributed by atoms with van der Waals surface area (Å²) in [4.78, 5) is 15.2. The first kappa shape index (κ1) is 15.4. The van der Waals surface area contributed by atoms with Crippen LogP contribution in [0.1, 0.15) is 32.3 Å². The second-order valence-electron chi connectivity index (χ2n) is 5.56. The number of carbonyl (C=O) groups is 1. The van der Waals surface area contributed by atoms with Crippen molar-refractivity contribution in [3.8, 4) is 0 Å². The molecular weight excluding hydrogens is 268 g/mol. The van der Waals surface area contributed by atoms with E-state index in [4.69, 9.17) is 0 Å². The normalized spacial score (nSPS) is 15.1. The molecule has 4 heteroatoms. The lowest BCUT2D eigenvalue weighted by Crippen LogP contribution is -2.29. The van der Waals surface area contributed by atoms with Crippen LogP contribution in [0.25, 0.3) is 0 Å². The summed E-state index contributed by atoms with van der Waals surface area (Å²) < 4.78 is 0. The Labute approximate surface area is 126 Å². The van der Waals surface area contributed by atoms with Crippen LogP contribution in [0.3, 0.4) is 0 Å². The van der Waals surface area contributed by atoms with Gasteiger partial charge in [0.1, 0.15) is 0 Å². The third-order valence-corrected chi connectivity index (χ3v) is 4.41. The van der Waals surface area contributed by atoms with Crippen molar-refractivity contribution in [1.82, 2.24) is 10.2 Å². The Morgan fingerprint density at radius 1 is 1.35 bits per heavy atom. The van der Waals surface area contributed by atoms with Gasteiger partial charge in [0, 0.05) is 30.6 Å². The molecule has 1 aromatic carbocycles. The lowest BCUT2D eigenvalue weighted by molar-refractivity contribution is -0.127. The molecule has 0 atom stereocenters. The van der Waals surface area contributed by atoms with Gasteiger partial charge in [-0.2, -0.15) is 0 Å². The summed E-state index contributed by atoms with van der Waals surface area (Å²) in [5.74, 6) is 0.833. The molecule has 1 amide bonds. The highest BCUT2D eigenvalue weighted by Gasteiger charge is 2.17. The van der Waals surface area contributed by atoms with Gasteiger partial charge in [-0.1, -0.05) is 26.0 Å². The van der Waals surface area contributed by atoms with E-state index in [1.807, 2.05) is 4.90 Å². The first-order valence-corrected chi connectivity index (χ1v) is 8.36. The number of likely N-dealkylation sites (tertiary alicyclic amines) is 1. The number of nitrogens with one attached hydrogen (secondary N) is 1. The molecule has 20 heavy (non-hydrogen) atoms. The minimum absolute atomic E-state index is 0.276. The minimum Gasteiger partial charge on any atom is -0.342 e. The number of carbonyl (C=O) groups excluding carboxylic acids is 1. The molecule has 0 spiro atoms. The molecule has 1 aliphatic heterocycles. The Morgan fingerprint density at radius 3 is 2.80 bits per heavy atom. The molecule has 2 rings (SSSR count). The van der Waals surface area contributed by atoms with E-state index in [1.165, 1.54) is 10.5 Å². The number of thioether (sulfide) groups is 1. The number of nitrogens with zero attached hydrogens (tertiary/aromatic N) is 1. The monoisotopic (exact) mass is 292 g/mol. The molecule has 1 aromatic rings. The molecule has 0 saturated carbocycles. The lowest BCUT2D eigenvalue weighted by Gasteiger charge is -2.15. The number of amides is 1. The second kappa shape index (κ2) is 7.70. The van der Waals surface area contributed by atoms with Crippen molar-refractivity contribution in [3.63, 3.8) is 0 Å². The molecule has 0 radical (unpaired) electrons. The molecule has 3 nitrogen and oxygen atoms in total. The van der Waals surface area contributed by atoms with Crippen LogP contribution in [0.5, 0.6) is 0 Å². The zero-order chi connectivity index (χ0) is 14.4. The van der Waals surface area contributed by atoms with Crippen LogP contribution in [-0.4, -0.2) is 35.7 Å². The van der Waals surface area contributed by atoms with Crippen LogP contribution in [0.2, 0.25) is 0 Å². The Hall–Kier alpha value is -1.00. The maximum Gasteiger partial charge on any atom is 0.232 e. The van der Waals surface area contributed by atoms with E-state index in [0.29, 0.717) is 11.8 Å². The van der Waals surface area contributed by atoms with E-state index in [0.717, 1.165) is 32.5 Å². The van der Waals surface area contributed by atoms with Gasteiger partial charge in [-0.25, -0.2) is 0 Å². The van der Waals surface area contributed by atoms with Gasteiger partial charge in [0.2, 0.25) is 5.91 Å². The zero-order valence-corrected chi connectivity index (χ0v) is 13.2. The molecule has 110 valence electrons. The van der Waals surface area contributed by atoms with Crippen LogP contribution >= 0.6 is 11.8 Å². The van der Waals surface area contributed by atoms with E-state index in [2.05, 4.69) is 43.4 Å². The molecule has 0 unspecified atom stereocenters. The molecule has 1 aliphatic rings. The first-order chi connectivity index (χ1) is 9.65. The van der Waals surface area contributed by atoms with Gasteiger partial charge in [-0.3, -0.25) is 4.79 Å². The van der Waals surface area contributed by atoms with Gasteiger partial charge in [0.05, 0.1) is 5.75 Å². The zero-order valence-electron chi connectivity index (χ0n) is 12.4. The van der Waals surface area contributed by atoms with E-state index in [1.54, 1.807) is 11.8 Å². The lowest BCUT2D eigenvalue weighted by atomic mass is 10.2. The molecular formula is C16H24N2OS. The maximum atomic E-state index is 12.0. The molecule has 1 N–H and O–H groups in total. The molecule has 0 aliphatic carbocycles. The quantitative estimate of drug-likeness (QED) is 0.818. The van der Waals surface area contributed by atoms with Gasteiger partial charge in [-0.15, -0.1) is 11.8 Å². The maximum absolute atomic E-state index is 12.0. The highest BCUT2D eigenvalue weighted by molar-refractivity contribution is 8.00. The van der Waals surface area contributed by atoms with Gasteiger partial charge in [-0.05, 0) is 30.5 Å². The van der Waals surface area contributed by atoms with Crippen molar-refractivity contribution in [2.24, 2.45) is 0 Å². The smallest absolute Gasteiger partial charge is 0.232 e. The van der Waals surface area contributed by atoms with Gasteiger partial charge in [0.25, 0.3) is 0 Å². The molecule has 0 aromatic heterocycles. The number of rotatable bonds is 6. The van der Waals surface area contributed by atoms with Gasteiger partial charge < -0.3 is 10.2 Å². The highest BCUT2D eigenvalue weighted by Crippen LogP contribution is 2.20. The number of hydrogen-bond donors (Lipinski definition) is 1. The fourth-order valence-corrected chi connectivity index (χ4v) is 3.15. The fourth-order valence-electron chi connectivity index (χ4n) is 2.27. The predicted octanol–water partition coefficient (Wildman–Crippen LogP) is 2.90. The van der Waals surface area contributed by atoms with E-state index < -0.39 is 0 Å². The third kappa shape index (κ3) is 4.84. The Bertz CT molecular complexity index is 442. The average Bonchev–Trinajstić information content (AvgIpc) is 2.97. The Morgan fingerprint density at radius 2 is 2.10 bits per heavy atom. The highest BCUT2D eigenvalue weighted by atomic mass is 32.2.